The first-order valence-electron chi connectivity index (χ1n) is 5.76. The lowest BCUT2D eigenvalue weighted by Crippen LogP contribution is -2.42. The zero-order valence-corrected chi connectivity index (χ0v) is 10.3. The summed E-state index contributed by atoms with van der Waals surface area (Å²) < 4.78 is 0. The minimum absolute atomic E-state index is 0.0648. The molecule has 0 saturated carbocycles. The number of hydrogen-bond donors (Lipinski definition) is 2. The Morgan fingerprint density at radius 1 is 1.47 bits per heavy atom. The molecule has 0 radical (unpaired) electrons. The van der Waals surface area contributed by atoms with Crippen LogP contribution in [0.3, 0.4) is 0 Å². The lowest BCUT2D eigenvalue weighted by atomic mass is 10.1. The van der Waals surface area contributed by atoms with Gasteiger partial charge in [0.05, 0.1) is 12.1 Å². The maximum atomic E-state index is 11.9. The molecule has 2 amide bonds. The van der Waals surface area contributed by atoms with Crippen molar-refractivity contribution in [3.8, 4) is 0 Å². The fourth-order valence-corrected chi connectivity index (χ4v) is 1.91. The topological polar surface area (TPSA) is 81.1 Å². The number of β-amino-alcohol motifs (C(OH)–C–C–N with tert-alkyl or cyclic N) is 1. The van der Waals surface area contributed by atoms with Gasteiger partial charge in [-0.15, -0.1) is 0 Å². The Labute approximate surface area is 101 Å². The Hall–Kier alpha value is -1.30. The number of rotatable bonds is 4. The van der Waals surface area contributed by atoms with Crippen molar-refractivity contribution in [3.05, 3.63) is 0 Å². The number of carboxylic acids is 1. The Kier molecular flexibility index (Phi) is 4.34. The fraction of sp³-hybridized carbons (Fsp3) is 0.818. The zero-order valence-electron chi connectivity index (χ0n) is 10.3. The second-order valence-electron chi connectivity index (χ2n) is 4.87. The number of hydrogen-bond acceptors (Lipinski definition) is 3. The van der Waals surface area contributed by atoms with Crippen LogP contribution in [0.4, 0.5) is 4.79 Å². The molecule has 2 N–H and O–H groups in total. The lowest BCUT2D eigenvalue weighted by molar-refractivity contribution is -0.137. The molecule has 0 aromatic heterocycles. The second-order valence-corrected chi connectivity index (χ2v) is 4.87. The number of carbonyl (C=O) groups excluding carboxylic acids is 1. The molecule has 0 aromatic carbocycles. The number of aliphatic hydroxyl groups is 1. The highest BCUT2D eigenvalue weighted by Gasteiger charge is 2.34. The molecule has 1 atom stereocenters. The van der Waals surface area contributed by atoms with Gasteiger partial charge in [-0.2, -0.15) is 0 Å². The van der Waals surface area contributed by atoms with Crippen LogP contribution in [0.5, 0.6) is 0 Å². The van der Waals surface area contributed by atoms with Gasteiger partial charge in [-0.25, -0.2) is 4.79 Å². The number of aliphatic carboxylic acids is 1. The van der Waals surface area contributed by atoms with Crippen LogP contribution in [0.1, 0.15) is 26.2 Å². The summed E-state index contributed by atoms with van der Waals surface area (Å²) >= 11 is 0. The molecular formula is C11H20N2O4. The van der Waals surface area contributed by atoms with Crippen molar-refractivity contribution in [1.29, 1.82) is 0 Å². The van der Waals surface area contributed by atoms with E-state index in [9.17, 15) is 14.7 Å². The van der Waals surface area contributed by atoms with Gasteiger partial charge in [0, 0.05) is 26.6 Å². The van der Waals surface area contributed by atoms with E-state index in [1.807, 2.05) is 0 Å². The normalized spacial score (nSPS) is 23.8. The summed E-state index contributed by atoms with van der Waals surface area (Å²) in [6.07, 6.45) is 1.10. The molecule has 1 rings (SSSR count). The Morgan fingerprint density at radius 2 is 2.12 bits per heavy atom. The Morgan fingerprint density at radius 3 is 2.59 bits per heavy atom. The van der Waals surface area contributed by atoms with Crippen LogP contribution in [-0.4, -0.2) is 64.3 Å². The van der Waals surface area contributed by atoms with Crippen molar-refractivity contribution in [3.63, 3.8) is 0 Å². The molecule has 0 aromatic rings. The third kappa shape index (κ3) is 4.22. The third-order valence-corrected chi connectivity index (χ3v) is 2.93. The number of carbonyl (C=O) groups is 2. The predicted molar refractivity (Wildman–Crippen MR) is 61.7 cm³/mol. The summed E-state index contributed by atoms with van der Waals surface area (Å²) in [4.78, 5) is 25.3. The minimum Gasteiger partial charge on any atom is -0.481 e. The van der Waals surface area contributed by atoms with Gasteiger partial charge in [0.15, 0.2) is 0 Å². The minimum atomic E-state index is -0.852. The van der Waals surface area contributed by atoms with Crippen molar-refractivity contribution in [2.75, 3.05) is 26.7 Å². The largest absolute Gasteiger partial charge is 0.481 e. The smallest absolute Gasteiger partial charge is 0.319 e. The molecule has 6 nitrogen and oxygen atoms in total. The van der Waals surface area contributed by atoms with Gasteiger partial charge in [0.25, 0.3) is 0 Å². The number of carboxylic acid groups (broad SMARTS) is 1. The van der Waals surface area contributed by atoms with E-state index in [0.29, 0.717) is 32.5 Å². The molecule has 1 heterocycles. The van der Waals surface area contributed by atoms with Crippen molar-refractivity contribution < 1.29 is 19.8 Å². The summed E-state index contributed by atoms with van der Waals surface area (Å²) in [5.41, 5.74) is -0.794. The number of nitrogens with zero attached hydrogens (tertiary/aromatic N) is 2. The molecule has 6 heteroatoms. The highest BCUT2D eigenvalue weighted by Crippen LogP contribution is 2.21. The van der Waals surface area contributed by atoms with Gasteiger partial charge < -0.3 is 20.0 Å². The lowest BCUT2D eigenvalue weighted by Gasteiger charge is -2.25. The number of urea groups is 1. The molecule has 1 aliphatic rings. The third-order valence-electron chi connectivity index (χ3n) is 2.93. The average Bonchev–Trinajstić information content (AvgIpc) is 2.57. The van der Waals surface area contributed by atoms with Gasteiger partial charge in [-0.05, 0) is 19.8 Å². The van der Waals surface area contributed by atoms with E-state index in [2.05, 4.69) is 0 Å². The summed E-state index contributed by atoms with van der Waals surface area (Å²) in [5.74, 6) is -0.852. The monoisotopic (exact) mass is 244 g/mol. The van der Waals surface area contributed by atoms with Crippen LogP contribution in [-0.2, 0) is 4.79 Å². The van der Waals surface area contributed by atoms with Crippen LogP contribution in [0.2, 0.25) is 0 Å². The first kappa shape index (κ1) is 13.8. The van der Waals surface area contributed by atoms with Gasteiger partial charge in [0.2, 0.25) is 0 Å². The van der Waals surface area contributed by atoms with Crippen molar-refractivity contribution >= 4 is 12.0 Å². The summed E-state index contributed by atoms with van der Waals surface area (Å²) in [5, 5.41) is 18.3. The maximum Gasteiger partial charge on any atom is 0.319 e. The summed E-state index contributed by atoms with van der Waals surface area (Å²) in [6.45, 7) is 3.03. The molecule has 98 valence electrons. The van der Waals surface area contributed by atoms with E-state index >= 15 is 0 Å². The quantitative estimate of drug-likeness (QED) is 0.748. The molecular weight excluding hydrogens is 224 g/mol. The van der Waals surface area contributed by atoms with Crippen LogP contribution < -0.4 is 0 Å². The highest BCUT2D eigenvalue weighted by molar-refractivity contribution is 5.74. The van der Waals surface area contributed by atoms with E-state index in [1.165, 1.54) is 4.90 Å². The van der Waals surface area contributed by atoms with Crippen molar-refractivity contribution in [2.24, 2.45) is 0 Å². The molecule has 0 bridgehead atoms. The van der Waals surface area contributed by atoms with Gasteiger partial charge >= 0.3 is 12.0 Å². The predicted octanol–water partition coefficient (Wildman–Crippen LogP) is 0.360. The molecule has 1 saturated heterocycles. The Bertz CT molecular complexity index is 304. The van der Waals surface area contributed by atoms with Gasteiger partial charge in [-0.3, -0.25) is 4.79 Å². The Balaban J connectivity index is 2.34. The molecule has 1 unspecified atom stereocenters. The second kappa shape index (κ2) is 5.35. The first-order chi connectivity index (χ1) is 7.82. The fourth-order valence-electron chi connectivity index (χ4n) is 1.91. The SMILES string of the molecule is CN(CCCC(=O)O)C(=O)N1CCC(C)(O)C1. The summed E-state index contributed by atoms with van der Waals surface area (Å²) in [7, 11) is 1.65. The standard InChI is InChI=1S/C11H20N2O4/c1-11(17)5-7-13(8-11)10(16)12(2)6-3-4-9(14)15/h17H,3-8H2,1-2H3,(H,14,15). The first-order valence-corrected chi connectivity index (χ1v) is 5.76. The van der Waals surface area contributed by atoms with Crippen molar-refractivity contribution in [1.82, 2.24) is 9.80 Å². The number of likely N-dealkylation sites (tertiary alicyclic amines) is 1. The molecule has 1 fully saturated rings. The highest BCUT2D eigenvalue weighted by atomic mass is 16.4. The van der Waals surface area contributed by atoms with Crippen LogP contribution >= 0.6 is 0 Å². The van der Waals surface area contributed by atoms with E-state index in [4.69, 9.17) is 5.11 Å². The van der Waals surface area contributed by atoms with E-state index < -0.39 is 11.6 Å². The van der Waals surface area contributed by atoms with Gasteiger partial charge in [0.1, 0.15) is 0 Å². The van der Waals surface area contributed by atoms with Gasteiger partial charge in [-0.1, -0.05) is 0 Å². The van der Waals surface area contributed by atoms with Crippen LogP contribution in [0.25, 0.3) is 0 Å². The zero-order chi connectivity index (χ0) is 13.1. The van der Waals surface area contributed by atoms with Crippen LogP contribution in [0, 0.1) is 0 Å². The van der Waals surface area contributed by atoms with Crippen LogP contribution in [0.15, 0.2) is 0 Å². The average molecular weight is 244 g/mol. The van der Waals surface area contributed by atoms with E-state index in [-0.39, 0.29) is 12.5 Å². The van der Waals surface area contributed by atoms with E-state index in [0.717, 1.165) is 0 Å². The van der Waals surface area contributed by atoms with Crippen molar-refractivity contribution in [2.45, 2.75) is 31.8 Å². The molecule has 0 spiro atoms. The molecule has 0 aliphatic carbocycles. The molecule has 1 aliphatic heterocycles. The molecule has 17 heavy (non-hydrogen) atoms. The summed E-state index contributed by atoms with van der Waals surface area (Å²) in [6, 6.07) is -0.145. The maximum absolute atomic E-state index is 11.9. The van der Waals surface area contributed by atoms with E-state index in [1.54, 1.807) is 18.9 Å². The number of amides is 2.